The summed E-state index contributed by atoms with van der Waals surface area (Å²) in [5.74, 6) is 2.32. The number of nitrogens with zero attached hydrogens (tertiary/aromatic N) is 1. The second-order valence-corrected chi connectivity index (χ2v) is 5.06. The Labute approximate surface area is 660 Å². The summed E-state index contributed by atoms with van der Waals surface area (Å²) in [7, 11) is 0. The van der Waals surface area contributed by atoms with E-state index in [-0.39, 0.29) is 523 Å². The quantitative estimate of drug-likeness (QED) is 0.189. The molecule has 0 atom stereocenters. The number of furan rings is 1. The van der Waals surface area contributed by atoms with E-state index in [0.717, 1.165) is 33.9 Å². The maximum atomic E-state index is 5.92. The molecule has 0 aliphatic carbocycles. The molecular formula is C18H13I2N2OY16-. The van der Waals surface area contributed by atoms with Gasteiger partial charge in [0.15, 0.2) is 11.6 Å². The number of hydrogen-bond acceptors (Lipinski definition) is 2. The standard InChI is InChI=1S/C18H13N2O.I2.16Y/c1-12-6-8-13(9-7-12)16-10-11-17(21-16)18-19-14-4-2-3-5-15(14)20-18;1-2;;;;;;;;;;;;;;;;/h2,4-11H,1H3,(H,19,20);;;;;;;;;;;;;;;;;/q-1;;;;;;;;;;;;;;;;;. The Morgan fingerprint density at radius 1 is 0.615 bits per heavy atom. The number of imidazole rings is 1. The van der Waals surface area contributed by atoms with E-state index >= 15 is 0 Å². The first-order valence-electron chi connectivity index (χ1n) is 6.97. The number of H-pyrrole nitrogens is 1. The smallest absolute Gasteiger partial charge is 0.169 e. The minimum atomic E-state index is 0. The number of halogens is 2. The molecule has 164 valence electrons. The van der Waals surface area contributed by atoms with Crippen molar-refractivity contribution in [3.63, 3.8) is 0 Å². The number of aryl methyl sites for hydroxylation is 1. The summed E-state index contributed by atoms with van der Waals surface area (Å²) in [6.45, 7) is 2.07. The Morgan fingerprint density at radius 3 is 1.49 bits per heavy atom. The molecule has 0 saturated heterocycles. The van der Waals surface area contributed by atoms with Gasteiger partial charge in [-0.2, -0.15) is 12.1 Å². The average Bonchev–Trinajstić information content (AvgIpc) is 3.24. The van der Waals surface area contributed by atoms with E-state index in [1.807, 2.05) is 30.3 Å². The number of rotatable bonds is 2. The van der Waals surface area contributed by atoms with Crippen LogP contribution in [0.1, 0.15) is 5.56 Å². The van der Waals surface area contributed by atoms with Gasteiger partial charge in [-0.05, 0) is 30.1 Å². The van der Waals surface area contributed by atoms with Crippen LogP contribution >= 0.6 is 37.2 Å². The van der Waals surface area contributed by atoms with Gasteiger partial charge in [-0.25, -0.2) is 0 Å². The molecule has 0 bridgehead atoms. The third kappa shape index (κ3) is 38.3. The summed E-state index contributed by atoms with van der Waals surface area (Å²) >= 11 is 4.24. The van der Waals surface area contributed by atoms with Gasteiger partial charge in [0.2, 0.25) is 0 Å². The number of aromatic nitrogens is 2. The SMILES string of the molecule is Cc1ccc(-c2ccc(-c3nc4c[c-]ccc4[nH]3)o2)cc1.II.[Y].[Y].[Y].[Y].[Y].[Y].[Y].[Y].[Y].[Y].[Y].[Y].[Y].[Y].[Y].[Y]. The molecule has 4 aromatic rings. The number of hydrogen-bond donors (Lipinski definition) is 1. The fourth-order valence-corrected chi connectivity index (χ4v) is 2.35. The predicted molar refractivity (Wildman–Crippen MR) is 111 cm³/mol. The molecule has 0 aliphatic heterocycles. The molecule has 16 radical (unpaired) electrons. The van der Waals surface area contributed by atoms with Gasteiger partial charge in [0, 0.05) is 566 Å². The van der Waals surface area contributed by atoms with Crippen LogP contribution in [0.2, 0.25) is 0 Å². The van der Waals surface area contributed by atoms with Crippen LogP contribution in [0.3, 0.4) is 0 Å². The molecule has 0 saturated carbocycles. The van der Waals surface area contributed by atoms with Crippen LogP contribution in [0, 0.1) is 13.0 Å². The van der Waals surface area contributed by atoms with Crippen molar-refractivity contribution in [3.8, 4) is 22.9 Å². The van der Waals surface area contributed by atoms with Gasteiger partial charge >= 0.3 is 0 Å². The van der Waals surface area contributed by atoms with Crippen LogP contribution < -0.4 is 0 Å². The van der Waals surface area contributed by atoms with Gasteiger partial charge in [-0.3, -0.25) is 4.98 Å². The average molecular weight is 1950 g/mol. The van der Waals surface area contributed by atoms with Crippen molar-refractivity contribution >= 4 is 48.3 Å². The number of aromatic amines is 1. The minimum absolute atomic E-state index is 0. The van der Waals surface area contributed by atoms with Gasteiger partial charge in [0.1, 0.15) is 5.76 Å². The largest absolute Gasteiger partial charge is 0.453 e. The minimum Gasteiger partial charge on any atom is -0.453 e. The Hall–Kier alpha value is 16.3. The van der Waals surface area contributed by atoms with E-state index in [1.165, 1.54) is 5.56 Å². The molecule has 0 aliphatic rings. The first kappa shape index (κ1) is 95.6. The summed E-state index contributed by atoms with van der Waals surface area (Å²) < 4.78 is 5.92. The zero-order valence-corrected chi connectivity index (χ0v) is 71.3. The zero-order valence-electron chi connectivity index (χ0n) is 21.5. The first-order valence-corrected chi connectivity index (χ1v) is 13.3. The van der Waals surface area contributed by atoms with Crippen LogP contribution in [0.5, 0.6) is 0 Å². The van der Waals surface area contributed by atoms with E-state index < -0.39 is 0 Å². The molecule has 2 aromatic heterocycles. The first-order chi connectivity index (χ1) is 11.3. The Morgan fingerprint density at radius 2 is 1.05 bits per heavy atom. The van der Waals surface area contributed by atoms with Crippen molar-refractivity contribution < 1.29 is 528 Å². The van der Waals surface area contributed by atoms with Crippen molar-refractivity contribution in [2.75, 3.05) is 0 Å². The fraction of sp³-hybridized carbons (Fsp3) is 0.0556. The van der Waals surface area contributed by atoms with Crippen LogP contribution in [0.4, 0.5) is 0 Å². The second kappa shape index (κ2) is 61.0. The third-order valence-corrected chi connectivity index (χ3v) is 3.50. The van der Waals surface area contributed by atoms with Crippen molar-refractivity contribution in [2.24, 2.45) is 0 Å². The Bertz CT molecular complexity index is 915. The fourth-order valence-electron chi connectivity index (χ4n) is 2.35. The van der Waals surface area contributed by atoms with Crippen LogP contribution in [-0.4, -0.2) is 9.97 Å². The molecule has 0 amide bonds. The van der Waals surface area contributed by atoms with Gasteiger partial charge in [0.25, 0.3) is 0 Å². The molecule has 21 heteroatoms. The maximum absolute atomic E-state index is 5.92. The number of nitrogens with one attached hydrogen (secondary N) is 1. The third-order valence-electron chi connectivity index (χ3n) is 3.50. The number of benzene rings is 2. The molecule has 39 heavy (non-hydrogen) atoms. The van der Waals surface area contributed by atoms with E-state index in [9.17, 15) is 0 Å². The van der Waals surface area contributed by atoms with Crippen LogP contribution in [0.15, 0.2) is 59.0 Å². The summed E-state index contributed by atoms with van der Waals surface area (Å²) in [6.07, 6.45) is 0. The van der Waals surface area contributed by atoms with Crippen molar-refractivity contribution in [1.82, 2.24) is 9.97 Å². The predicted octanol–water partition coefficient (Wildman–Crippen LogP) is 6.33. The molecule has 0 spiro atoms. The number of fused-ring (bicyclic) bond motifs is 1. The van der Waals surface area contributed by atoms with Gasteiger partial charge < -0.3 is 9.40 Å². The zero-order chi connectivity index (χ0) is 16.2. The van der Waals surface area contributed by atoms with E-state index in [4.69, 9.17) is 4.42 Å². The molecule has 1 N–H and O–H groups in total. The molecule has 0 fully saturated rings. The van der Waals surface area contributed by atoms with E-state index in [2.05, 4.69) is 84.5 Å². The molecule has 2 heterocycles. The summed E-state index contributed by atoms with van der Waals surface area (Å²) in [5.41, 5.74) is 4.17. The van der Waals surface area contributed by atoms with Crippen molar-refractivity contribution in [3.05, 3.63) is 66.2 Å². The summed E-state index contributed by atoms with van der Waals surface area (Å²) in [6, 6.07) is 20.9. The Kier molecular flexibility index (Phi) is 149. The normalized spacial score (nSPS) is 6.13. The summed E-state index contributed by atoms with van der Waals surface area (Å²) in [5, 5.41) is 0. The molecule has 3 nitrogen and oxygen atoms in total. The van der Waals surface area contributed by atoms with Gasteiger partial charge in [-0.1, -0.05) is 29.8 Å². The van der Waals surface area contributed by atoms with E-state index in [1.54, 1.807) is 0 Å². The molecule has 2 aromatic carbocycles. The van der Waals surface area contributed by atoms with Crippen molar-refractivity contribution in [1.29, 1.82) is 0 Å². The maximum Gasteiger partial charge on any atom is 0.169 e. The van der Waals surface area contributed by atoms with E-state index in [0.29, 0.717) is 0 Å². The topological polar surface area (TPSA) is 41.8 Å². The monoisotopic (exact) mass is 1950 g/mol. The van der Waals surface area contributed by atoms with Gasteiger partial charge in [-0.15, -0.1) is 12.1 Å². The summed E-state index contributed by atoms with van der Waals surface area (Å²) in [4.78, 5) is 7.78. The Balaban J connectivity index is -0.0000000283. The van der Waals surface area contributed by atoms with Crippen molar-refractivity contribution in [2.45, 2.75) is 6.92 Å². The van der Waals surface area contributed by atoms with Crippen LogP contribution in [-0.2, 0) is 523 Å². The van der Waals surface area contributed by atoms with Crippen LogP contribution in [0.25, 0.3) is 33.9 Å². The molecule has 0 unspecified atom stereocenters. The van der Waals surface area contributed by atoms with Gasteiger partial charge in [0.05, 0.1) is 0 Å². The molecular weight excluding hydrogens is 1940 g/mol. The molecule has 4 rings (SSSR count). The second-order valence-electron chi connectivity index (χ2n) is 5.06.